The summed E-state index contributed by atoms with van der Waals surface area (Å²) in [5.74, 6) is -0.0359. The molecule has 0 aliphatic heterocycles. The van der Waals surface area contributed by atoms with E-state index in [1.165, 1.54) is 17.2 Å². The topological polar surface area (TPSA) is 96.9 Å². The molecule has 3 rings (SSSR count). The van der Waals surface area contributed by atoms with Crippen LogP contribution in [0.15, 0.2) is 72.8 Å². The lowest BCUT2D eigenvalue weighted by Crippen LogP contribution is -2.26. The molecule has 0 radical (unpaired) electrons. The summed E-state index contributed by atoms with van der Waals surface area (Å²) in [6, 6.07) is 23.9. The minimum Gasteiger partial charge on any atom is -0.506 e. The fourth-order valence-corrected chi connectivity index (χ4v) is 3.81. The largest absolute Gasteiger partial charge is 0.506 e. The van der Waals surface area contributed by atoms with Crippen LogP contribution >= 0.6 is 0 Å². The fraction of sp³-hybridized carbons (Fsp3) is 0.296. The molecule has 0 fully saturated rings. The predicted molar refractivity (Wildman–Crippen MR) is 137 cm³/mol. The van der Waals surface area contributed by atoms with Gasteiger partial charge in [0.2, 0.25) is 6.41 Å². The van der Waals surface area contributed by atoms with E-state index >= 15 is 0 Å². The molecule has 0 aliphatic carbocycles. The van der Waals surface area contributed by atoms with Crippen LogP contribution in [0.1, 0.15) is 28.8 Å². The smallest absolute Gasteiger partial charge is 0.211 e. The number of nitrogens with one attached hydrogen (secondary N) is 3. The van der Waals surface area contributed by atoms with Gasteiger partial charge >= 0.3 is 0 Å². The highest BCUT2D eigenvalue weighted by Gasteiger charge is 2.13. The summed E-state index contributed by atoms with van der Waals surface area (Å²) >= 11 is 0. The molecule has 1 amide bonds. The van der Waals surface area contributed by atoms with Crippen molar-refractivity contribution in [3.63, 3.8) is 0 Å². The molecule has 0 spiro atoms. The Morgan fingerprint density at radius 3 is 2.35 bits per heavy atom. The van der Waals surface area contributed by atoms with E-state index in [4.69, 9.17) is 0 Å². The number of carbonyl (C=O) groups excluding carboxylic acids is 1. The molecule has 7 heteroatoms. The van der Waals surface area contributed by atoms with Gasteiger partial charge in [0.1, 0.15) is 5.75 Å². The summed E-state index contributed by atoms with van der Waals surface area (Å²) in [6.45, 7) is 1.91. The number of aromatic hydroxyl groups is 1. The molecule has 0 unspecified atom stereocenters. The Kier molecular flexibility index (Phi) is 9.46. The number of rotatable bonds is 13. The van der Waals surface area contributed by atoms with Crippen molar-refractivity contribution in [1.29, 1.82) is 0 Å². The highest BCUT2D eigenvalue weighted by molar-refractivity contribution is 5.75. The van der Waals surface area contributed by atoms with Crippen LogP contribution in [-0.4, -0.2) is 55.3 Å². The van der Waals surface area contributed by atoms with Crippen LogP contribution in [0, 0.1) is 0 Å². The predicted octanol–water partition coefficient (Wildman–Crippen LogP) is 3.54. The molecule has 2 atom stereocenters. The number of nitrogens with zero attached hydrogens (tertiary/aromatic N) is 1. The lowest BCUT2D eigenvalue weighted by Gasteiger charge is -2.25. The molecule has 34 heavy (non-hydrogen) atoms. The Hall–Kier alpha value is -3.39. The number of phenols is 1. The number of anilines is 2. The van der Waals surface area contributed by atoms with E-state index in [2.05, 4.69) is 83.5 Å². The maximum atomic E-state index is 10.6. The SMILES string of the molecule is CN(C)[C@@H](CNc1ccc(CCNC[C@H](O)c2ccc(O)c(NC=O)c2)cc1)c1ccccc1. The van der Waals surface area contributed by atoms with E-state index in [0.717, 1.165) is 25.2 Å². The first-order chi connectivity index (χ1) is 16.5. The number of hydrogen-bond acceptors (Lipinski definition) is 6. The van der Waals surface area contributed by atoms with Crippen LogP contribution in [0.3, 0.4) is 0 Å². The number of phenolic OH excluding ortho intramolecular Hbond substituents is 1. The minimum atomic E-state index is -0.742. The van der Waals surface area contributed by atoms with Crippen molar-refractivity contribution in [2.24, 2.45) is 0 Å². The number of hydrogen-bond donors (Lipinski definition) is 5. The number of benzene rings is 3. The fourth-order valence-electron chi connectivity index (χ4n) is 3.81. The highest BCUT2D eigenvalue weighted by Crippen LogP contribution is 2.26. The highest BCUT2D eigenvalue weighted by atomic mass is 16.3. The Labute approximate surface area is 201 Å². The van der Waals surface area contributed by atoms with E-state index in [-0.39, 0.29) is 17.5 Å². The standard InChI is InChI=1S/C27H34N4O3/c1-31(2)25(21-6-4-3-5-7-21)17-29-23-11-8-20(9-12-23)14-15-28-18-27(34)22-10-13-26(33)24(16-22)30-19-32/h3-13,16,19,25,27-29,33-34H,14-15,17-18H2,1-2H3,(H,30,32)/t25-,27-/m0/s1. The molecule has 3 aromatic carbocycles. The van der Waals surface area contributed by atoms with E-state index in [9.17, 15) is 15.0 Å². The summed E-state index contributed by atoms with van der Waals surface area (Å²) in [7, 11) is 4.18. The Bertz CT molecular complexity index is 1030. The van der Waals surface area contributed by atoms with Gasteiger partial charge in [0.15, 0.2) is 0 Å². The molecule has 0 aliphatic rings. The Morgan fingerprint density at radius 2 is 1.68 bits per heavy atom. The first kappa shape index (κ1) is 25.2. The van der Waals surface area contributed by atoms with Gasteiger partial charge in [0.05, 0.1) is 17.8 Å². The zero-order valence-electron chi connectivity index (χ0n) is 19.7. The number of aliphatic hydroxyl groups is 1. The first-order valence-electron chi connectivity index (χ1n) is 11.4. The zero-order chi connectivity index (χ0) is 24.3. The number of likely N-dealkylation sites (N-methyl/N-ethyl adjacent to an activating group) is 1. The summed E-state index contributed by atoms with van der Waals surface area (Å²) in [4.78, 5) is 12.8. The summed E-state index contributed by atoms with van der Waals surface area (Å²) in [5.41, 5.74) is 4.48. The lowest BCUT2D eigenvalue weighted by molar-refractivity contribution is -0.105. The van der Waals surface area contributed by atoms with E-state index in [1.54, 1.807) is 12.1 Å². The quantitative estimate of drug-likeness (QED) is 0.151. The second-order valence-corrected chi connectivity index (χ2v) is 8.48. The van der Waals surface area contributed by atoms with Crippen LogP contribution < -0.4 is 16.0 Å². The van der Waals surface area contributed by atoms with Crippen LogP contribution in [0.25, 0.3) is 0 Å². The van der Waals surface area contributed by atoms with Gasteiger partial charge < -0.3 is 31.1 Å². The van der Waals surface area contributed by atoms with Crippen molar-refractivity contribution >= 4 is 17.8 Å². The molecule has 0 saturated heterocycles. The summed E-state index contributed by atoms with van der Waals surface area (Å²) in [5, 5.41) is 29.3. The number of aliphatic hydroxyl groups excluding tert-OH is 1. The molecule has 7 nitrogen and oxygen atoms in total. The molecular formula is C27H34N4O3. The average molecular weight is 463 g/mol. The van der Waals surface area contributed by atoms with Crippen molar-refractivity contribution in [2.75, 3.05) is 44.4 Å². The van der Waals surface area contributed by atoms with Gasteiger partial charge in [-0.1, -0.05) is 48.5 Å². The molecule has 0 heterocycles. The number of carbonyl (C=O) groups is 1. The van der Waals surface area contributed by atoms with E-state index < -0.39 is 6.10 Å². The van der Waals surface area contributed by atoms with Crippen molar-refractivity contribution in [2.45, 2.75) is 18.6 Å². The second kappa shape index (κ2) is 12.7. The zero-order valence-corrected chi connectivity index (χ0v) is 19.7. The normalized spacial score (nSPS) is 12.8. The first-order valence-corrected chi connectivity index (χ1v) is 11.4. The maximum absolute atomic E-state index is 10.6. The van der Waals surface area contributed by atoms with Crippen molar-refractivity contribution in [1.82, 2.24) is 10.2 Å². The molecule has 3 aromatic rings. The average Bonchev–Trinajstić information content (AvgIpc) is 2.84. The van der Waals surface area contributed by atoms with Gasteiger partial charge in [-0.15, -0.1) is 0 Å². The molecule has 180 valence electrons. The van der Waals surface area contributed by atoms with Gasteiger partial charge in [0.25, 0.3) is 0 Å². The van der Waals surface area contributed by atoms with Gasteiger partial charge in [-0.2, -0.15) is 0 Å². The van der Waals surface area contributed by atoms with Crippen molar-refractivity contribution in [3.8, 4) is 5.75 Å². The van der Waals surface area contributed by atoms with Crippen LogP contribution in [0.5, 0.6) is 5.75 Å². The lowest BCUT2D eigenvalue weighted by atomic mass is 10.1. The number of amides is 1. The third kappa shape index (κ3) is 7.31. The second-order valence-electron chi connectivity index (χ2n) is 8.48. The van der Waals surface area contributed by atoms with Crippen molar-refractivity contribution in [3.05, 3.63) is 89.5 Å². The molecule has 5 N–H and O–H groups in total. The Balaban J connectivity index is 1.43. The van der Waals surface area contributed by atoms with Gasteiger partial charge in [-0.3, -0.25) is 4.79 Å². The third-order valence-corrected chi connectivity index (χ3v) is 5.81. The Morgan fingerprint density at radius 1 is 0.941 bits per heavy atom. The molecular weight excluding hydrogens is 428 g/mol. The van der Waals surface area contributed by atoms with E-state index in [0.29, 0.717) is 18.5 Å². The van der Waals surface area contributed by atoms with Crippen LogP contribution in [0.4, 0.5) is 11.4 Å². The van der Waals surface area contributed by atoms with Crippen molar-refractivity contribution < 1.29 is 15.0 Å². The maximum Gasteiger partial charge on any atom is 0.211 e. The summed E-state index contributed by atoms with van der Waals surface area (Å²) < 4.78 is 0. The van der Waals surface area contributed by atoms with Gasteiger partial charge in [0, 0.05) is 18.8 Å². The van der Waals surface area contributed by atoms with E-state index in [1.807, 2.05) is 6.07 Å². The van der Waals surface area contributed by atoms with Gasteiger partial charge in [-0.25, -0.2) is 0 Å². The van der Waals surface area contributed by atoms with Crippen LogP contribution in [-0.2, 0) is 11.2 Å². The minimum absolute atomic E-state index is 0.0359. The monoisotopic (exact) mass is 462 g/mol. The summed E-state index contributed by atoms with van der Waals surface area (Å²) in [6.07, 6.45) is 0.590. The third-order valence-electron chi connectivity index (χ3n) is 5.81. The van der Waals surface area contributed by atoms with Crippen LogP contribution in [0.2, 0.25) is 0 Å². The van der Waals surface area contributed by atoms with Gasteiger partial charge in [-0.05, 0) is 68.0 Å². The molecule has 0 bridgehead atoms. The molecule has 0 saturated carbocycles. The molecule has 0 aromatic heterocycles.